The fourth-order valence-electron chi connectivity index (χ4n) is 2.12. The quantitative estimate of drug-likeness (QED) is 0.686. The van der Waals surface area contributed by atoms with Crippen LogP contribution in [0.5, 0.6) is 0 Å². The molecule has 0 bridgehead atoms. The van der Waals surface area contributed by atoms with E-state index < -0.39 is 5.69 Å². The predicted octanol–water partition coefficient (Wildman–Crippen LogP) is -0.906. The van der Waals surface area contributed by atoms with Gasteiger partial charge in [-0.15, -0.1) is 0 Å². The van der Waals surface area contributed by atoms with Crippen LogP contribution in [-0.2, 0) is 11.3 Å². The standard InChI is InChI=1S/C13H20N4O3S/c1-10-8-17(13(19)15-12(10)18)9-11(21)14-2-3-16-4-6-20-7-5-16/h8H,2-7,9H2,1H3,(H,14,21)(H,15,18,19). The van der Waals surface area contributed by atoms with Crippen LogP contribution in [0.4, 0.5) is 0 Å². The van der Waals surface area contributed by atoms with Crippen LogP contribution >= 0.6 is 12.2 Å². The van der Waals surface area contributed by atoms with Crippen molar-refractivity contribution in [2.45, 2.75) is 13.5 Å². The number of aromatic amines is 1. The first-order chi connectivity index (χ1) is 10.1. The molecule has 0 radical (unpaired) electrons. The molecule has 1 aliphatic heterocycles. The molecule has 7 nitrogen and oxygen atoms in total. The molecule has 1 fully saturated rings. The van der Waals surface area contributed by atoms with Gasteiger partial charge in [-0.3, -0.25) is 19.2 Å². The minimum Gasteiger partial charge on any atom is -0.379 e. The van der Waals surface area contributed by atoms with Crippen LogP contribution in [0, 0.1) is 6.92 Å². The third-order valence-electron chi connectivity index (χ3n) is 3.36. The predicted molar refractivity (Wildman–Crippen MR) is 83.9 cm³/mol. The number of morpholine rings is 1. The zero-order valence-electron chi connectivity index (χ0n) is 12.1. The van der Waals surface area contributed by atoms with Gasteiger partial charge in [0.2, 0.25) is 0 Å². The number of ether oxygens (including phenoxy) is 1. The molecule has 0 amide bonds. The molecule has 0 atom stereocenters. The Morgan fingerprint density at radius 3 is 2.86 bits per heavy atom. The molecule has 0 aromatic carbocycles. The van der Waals surface area contributed by atoms with E-state index in [2.05, 4.69) is 15.2 Å². The molecule has 0 saturated carbocycles. The van der Waals surface area contributed by atoms with Gasteiger partial charge in [0.1, 0.15) is 0 Å². The van der Waals surface area contributed by atoms with E-state index in [1.807, 2.05) is 0 Å². The Kier molecular flexibility index (Phi) is 5.66. The number of hydrogen-bond donors (Lipinski definition) is 2. The summed E-state index contributed by atoms with van der Waals surface area (Å²) in [6.45, 7) is 6.98. The number of nitrogens with zero attached hydrogens (tertiary/aromatic N) is 2. The Morgan fingerprint density at radius 1 is 1.43 bits per heavy atom. The molecule has 21 heavy (non-hydrogen) atoms. The summed E-state index contributed by atoms with van der Waals surface area (Å²) in [6.07, 6.45) is 1.52. The highest BCUT2D eigenvalue weighted by Crippen LogP contribution is 1.95. The molecular formula is C13H20N4O3S. The largest absolute Gasteiger partial charge is 0.379 e. The van der Waals surface area contributed by atoms with Crippen molar-refractivity contribution in [1.82, 2.24) is 19.8 Å². The van der Waals surface area contributed by atoms with Gasteiger partial charge in [0.05, 0.1) is 24.7 Å². The second-order valence-electron chi connectivity index (χ2n) is 5.00. The number of thiocarbonyl (C=S) groups is 1. The van der Waals surface area contributed by atoms with Crippen molar-refractivity contribution in [2.24, 2.45) is 0 Å². The van der Waals surface area contributed by atoms with Crippen LogP contribution in [0.2, 0.25) is 0 Å². The Labute approximate surface area is 127 Å². The van der Waals surface area contributed by atoms with E-state index in [1.165, 1.54) is 10.8 Å². The monoisotopic (exact) mass is 312 g/mol. The molecule has 2 N–H and O–H groups in total. The van der Waals surface area contributed by atoms with E-state index >= 15 is 0 Å². The van der Waals surface area contributed by atoms with Crippen molar-refractivity contribution in [3.63, 3.8) is 0 Å². The Hall–Kier alpha value is -1.51. The Morgan fingerprint density at radius 2 is 2.14 bits per heavy atom. The Bertz CT molecular complexity index is 604. The minimum atomic E-state index is -0.442. The minimum absolute atomic E-state index is 0.273. The van der Waals surface area contributed by atoms with E-state index in [0.29, 0.717) is 10.6 Å². The molecular weight excluding hydrogens is 292 g/mol. The lowest BCUT2D eigenvalue weighted by Gasteiger charge is -2.26. The van der Waals surface area contributed by atoms with E-state index in [-0.39, 0.29) is 12.1 Å². The number of aryl methyl sites for hydroxylation is 1. The maximum atomic E-state index is 11.6. The molecule has 0 unspecified atom stereocenters. The van der Waals surface area contributed by atoms with E-state index in [9.17, 15) is 9.59 Å². The van der Waals surface area contributed by atoms with Crippen molar-refractivity contribution in [3.8, 4) is 0 Å². The van der Waals surface area contributed by atoms with Crippen LogP contribution in [0.3, 0.4) is 0 Å². The number of rotatable bonds is 5. The molecule has 0 spiro atoms. The van der Waals surface area contributed by atoms with Gasteiger partial charge in [0, 0.05) is 37.9 Å². The molecule has 1 aromatic rings. The van der Waals surface area contributed by atoms with Crippen molar-refractivity contribution in [2.75, 3.05) is 39.4 Å². The van der Waals surface area contributed by atoms with Crippen molar-refractivity contribution in [1.29, 1.82) is 0 Å². The van der Waals surface area contributed by atoms with Gasteiger partial charge in [-0.2, -0.15) is 0 Å². The van der Waals surface area contributed by atoms with Gasteiger partial charge < -0.3 is 10.1 Å². The first-order valence-corrected chi connectivity index (χ1v) is 7.34. The number of nitrogens with one attached hydrogen (secondary N) is 2. The van der Waals surface area contributed by atoms with Crippen molar-refractivity contribution >= 4 is 17.2 Å². The molecule has 2 rings (SSSR count). The molecule has 2 heterocycles. The third-order valence-corrected chi connectivity index (χ3v) is 3.63. The van der Waals surface area contributed by atoms with Crippen LogP contribution in [-0.4, -0.2) is 58.8 Å². The lowest BCUT2D eigenvalue weighted by atomic mass is 10.4. The summed E-state index contributed by atoms with van der Waals surface area (Å²) in [7, 11) is 0. The second kappa shape index (κ2) is 7.48. The fourth-order valence-corrected chi connectivity index (χ4v) is 2.37. The highest BCUT2D eigenvalue weighted by molar-refractivity contribution is 7.80. The smallest absolute Gasteiger partial charge is 0.328 e. The van der Waals surface area contributed by atoms with Crippen molar-refractivity contribution in [3.05, 3.63) is 32.6 Å². The summed E-state index contributed by atoms with van der Waals surface area (Å²) in [4.78, 5) is 28.1. The van der Waals surface area contributed by atoms with Gasteiger partial charge in [-0.05, 0) is 6.92 Å². The molecule has 1 aromatic heterocycles. The number of H-pyrrole nitrogens is 1. The van der Waals surface area contributed by atoms with Crippen LogP contribution in [0.15, 0.2) is 15.8 Å². The maximum absolute atomic E-state index is 11.6. The van der Waals surface area contributed by atoms with Crippen LogP contribution in [0.1, 0.15) is 5.56 Å². The lowest BCUT2D eigenvalue weighted by Crippen LogP contribution is -2.42. The summed E-state index contributed by atoms with van der Waals surface area (Å²) in [5, 5.41) is 3.14. The maximum Gasteiger partial charge on any atom is 0.328 e. The van der Waals surface area contributed by atoms with Crippen LogP contribution in [0.25, 0.3) is 0 Å². The molecule has 0 aliphatic carbocycles. The SMILES string of the molecule is Cc1cn(CC(=S)NCCN2CCOCC2)c(=O)[nH]c1=O. The van der Waals surface area contributed by atoms with Crippen molar-refractivity contribution < 1.29 is 4.74 Å². The Balaban J connectivity index is 1.80. The molecule has 1 saturated heterocycles. The van der Waals surface area contributed by atoms with Gasteiger partial charge in [-0.1, -0.05) is 12.2 Å². The average molecular weight is 312 g/mol. The van der Waals surface area contributed by atoms with Crippen LogP contribution < -0.4 is 16.6 Å². The van der Waals surface area contributed by atoms with Gasteiger partial charge in [0.15, 0.2) is 0 Å². The summed E-state index contributed by atoms with van der Waals surface area (Å²) >= 11 is 5.23. The molecule has 116 valence electrons. The summed E-state index contributed by atoms with van der Waals surface area (Å²) in [6, 6.07) is 0. The van der Waals surface area contributed by atoms with Gasteiger partial charge >= 0.3 is 5.69 Å². The first-order valence-electron chi connectivity index (χ1n) is 6.93. The highest BCUT2D eigenvalue weighted by atomic mass is 32.1. The lowest BCUT2D eigenvalue weighted by molar-refractivity contribution is 0.0389. The summed E-state index contributed by atoms with van der Waals surface area (Å²) < 4.78 is 6.69. The summed E-state index contributed by atoms with van der Waals surface area (Å²) in [5.74, 6) is 0. The zero-order valence-corrected chi connectivity index (χ0v) is 12.9. The average Bonchev–Trinajstić information content (AvgIpc) is 2.46. The van der Waals surface area contributed by atoms with E-state index in [0.717, 1.165) is 39.4 Å². The topological polar surface area (TPSA) is 79.4 Å². The van der Waals surface area contributed by atoms with E-state index in [1.54, 1.807) is 6.92 Å². The first kappa shape index (κ1) is 15.9. The van der Waals surface area contributed by atoms with Gasteiger partial charge in [0.25, 0.3) is 5.56 Å². The van der Waals surface area contributed by atoms with E-state index in [4.69, 9.17) is 17.0 Å². The number of hydrogen-bond acceptors (Lipinski definition) is 5. The third kappa shape index (κ3) is 4.76. The summed E-state index contributed by atoms with van der Waals surface area (Å²) in [5.41, 5.74) is -0.309. The second-order valence-corrected chi connectivity index (χ2v) is 5.50. The fraction of sp³-hybridized carbons (Fsp3) is 0.615. The molecule has 1 aliphatic rings. The zero-order chi connectivity index (χ0) is 15.2. The van der Waals surface area contributed by atoms with Gasteiger partial charge in [-0.25, -0.2) is 4.79 Å². The number of aromatic nitrogens is 2. The molecule has 8 heteroatoms. The highest BCUT2D eigenvalue weighted by Gasteiger charge is 2.10. The normalized spacial score (nSPS) is 15.9.